The third-order valence-electron chi connectivity index (χ3n) is 2.63. The molecule has 4 nitrogen and oxygen atoms in total. The average Bonchev–Trinajstić information content (AvgIpc) is 2.33. The summed E-state index contributed by atoms with van der Waals surface area (Å²) in [7, 11) is -2.22. The number of rotatable bonds is 5. The fraction of sp³-hybridized carbons (Fsp3) is 0.417. The normalized spacial score (nSPS) is 13.3. The van der Waals surface area contributed by atoms with Crippen molar-refractivity contribution >= 4 is 10.0 Å². The van der Waals surface area contributed by atoms with Crippen LogP contribution in [0.5, 0.6) is 0 Å². The molecule has 0 N–H and O–H groups in total. The zero-order valence-corrected chi connectivity index (χ0v) is 11.1. The maximum absolute atomic E-state index is 12.7. The van der Waals surface area contributed by atoms with E-state index in [0.717, 1.165) is 4.31 Å². The van der Waals surface area contributed by atoms with Crippen LogP contribution in [0.25, 0.3) is 0 Å². The first-order valence-electron chi connectivity index (χ1n) is 5.51. The van der Waals surface area contributed by atoms with Crippen molar-refractivity contribution in [1.82, 2.24) is 4.31 Å². The van der Waals surface area contributed by atoms with E-state index in [9.17, 15) is 12.8 Å². The first-order valence-corrected chi connectivity index (χ1v) is 7.01. The van der Waals surface area contributed by atoms with Crippen LogP contribution in [0.1, 0.15) is 18.9 Å². The predicted molar refractivity (Wildman–Crippen MR) is 66.5 cm³/mol. The molecule has 0 radical (unpaired) electrons. The fourth-order valence-corrected chi connectivity index (χ4v) is 2.84. The van der Waals surface area contributed by atoms with Crippen LogP contribution in [0.3, 0.4) is 0 Å². The van der Waals surface area contributed by atoms with Gasteiger partial charge in [0.05, 0.1) is 6.07 Å². The summed E-state index contributed by atoms with van der Waals surface area (Å²) in [6.07, 6.45) is 0.243. The Morgan fingerprint density at radius 3 is 2.39 bits per heavy atom. The van der Waals surface area contributed by atoms with Crippen molar-refractivity contribution in [1.29, 1.82) is 5.26 Å². The highest BCUT2D eigenvalue weighted by atomic mass is 32.2. The summed E-state index contributed by atoms with van der Waals surface area (Å²) in [5.41, 5.74) is 0.676. The minimum atomic E-state index is -3.63. The third-order valence-corrected chi connectivity index (χ3v) is 4.78. The predicted octanol–water partition coefficient (Wildman–Crippen LogP) is 1.89. The summed E-state index contributed by atoms with van der Waals surface area (Å²) in [5.74, 6) is -0.368. The minimum Gasteiger partial charge on any atom is -0.211 e. The van der Waals surface area contributed by atoms with Crippen LogP contribution in [0.2, 0.25) is 0 Å². The molecule has 0 aliphatic carbocycles. The standard InChI is InChI=1S/C12H15FN2O2S/c1-3-12(8-14)18(16,17)15(2)9-10-4-6-11(13)7-5-10/h4-7,12H,3,9H2,1-2H3. The smallest absolute Gasteiger partial charge is 0.211 e. The van der Waals surface area contributed by atoms with Gasteiger partial charge in [-0.1, -0.05) is 19.1 Å². The van der Waals surface area contributed by atoms with Gasteiger partial charge in [-0.05, 0) is 24.1 Å². The fourth-order valence-electron chi connectivity index (χ4n) is 1.52. The van der Waals surface area contributed by atoms with E-state index >= 15 is 0 Å². The summed E-state index contributed by atoms with van der Waals surface area (Å²) in [6, 6.07) is 7.37. The van der Waals surface area contributed by atoms with Crippen LogP contribution in [0.4, 0.5) is 4.39 Å². The average molecular weight is 270 g/mol. The van der Waals surface area contributed by atoms with E-state index in [2.05, 4.69) is 0 Å². The molecule has 0 aliphatic heterocycles. The molecule has 0 aliphatic rings. The second-order valence-corrected chi connectivity index (χ2v) is 6.18. The molecule has 0 spiro atoms. The van der Waals surface area contributed by atoms with Gasteiger partial charge in [0.25, 0.3) is 0 Å². The zero-order chi connectivity index (χ0) is 13.8. The van der Waals surface area contributed by atoms with E-state index < -0.39 is 15.3 Å². The zero-order valence-electron chi connectivity index (χ0n) is 10.3. The molecular formula is C12H15FN2O2S. The van der Waals surface area contributed by atoms with Gasteiger partial charge < -0.3 is 0 Å². The maximum Gasteiger partial charge on any atom is 0.230 e. The van der Waals surface area contributed by atoms with Crippen LogP contribution in [-0.4, -0.2) is 25.0 Å². The van der Waals surface area contributed by atoms with Crippen LogP contribution in [0, 0.1) is 17.1 Å². The molecule has 0 heterocycles. The Kier molecular flexibility index (Phi) is 4.82. The van der Waals surface area contributed by atoms with Gasteiger partial charge in [-0.2, -0.15) is 9.57 Å². The number of halogens is 1. The lowest BCUT2D eigenvalue weighted by atomic mass is 10.2. The second-order valence-electron chi connectivity index (χ2n) is 3.95. The summed E-state index contributed by atoms with van der Waals surface area (Å²) in [6.45, 7) is 1.78. The van der Waals surface area contributed by atoms with Gasteiger partial charge in [0.15, 0.2) is 5.25 Å². The maximum atomic E-state index is 12.7. The van der Waals surface area contributed by atoms with Crippen molar-refractivity contribution < 1.29 is 12.8 Å². The van der Waals surface area contributed by atoms with Crippen molar-refractivity contribution in [2.75, 3.05) is 7.05 Å². The topological polar surface area (TPSA) is 61.2 Å². The molecule has 98 valence electrons. The van der Waals surface area contributed by atoms with Gasteiger partial charge in [0, 0.05) is 13.6 Å². The molecule has 0 saturated carbocycles. The number of nitriles is 1. The number of hydrogen-bond acceptors (Lipinski definition) is 3. The largest absolute Gasteiger partial charge is 0.230 e. The molecule has 1 rings (SSSR count). The molecule has 6 heteroatoms. The SMILES string of the molecule is CCC(C#N)S(=O)(=O)N(C)Cc1ccc(F)cc1. The monoisotopic (exact) mass is 270 g/mol. The van der Waals surface area contributed by atoms with Crippen LogP contribution in [-0.2, 0) is 16.6 Å². The lowest BCUT2D eigenvalue weighted by Gasteiger charge is -2.19. The van der Waals surface area contributed by atoms with Gasteiger partial charge in [-0.25, -0.2) is 12.8 Å². The van der Waals surface area contributed by atoms with Crippen LogP contribution in [0.15, 0.2) is 24.3 Å². The molecule has 0 fully saturated rings. The van der Waals surface area contributed by atoms with E-state index in [1.165, 1.54) is 31.3 Å². The first kappa shape index (κ1) is 14.6. The molecule has 0 aromatic heterocycles. The molecule has 18 heavy (non-hydrogen) atoms. The number of sulfonamides is 1. The molecule has 0 amide bonds. The third kappa shape index (κ3) is 3.28. The van der Waals surface area contributed by atoms with Crippen LogP contribution < -0.4 is 0 Å². The Hall–Kier alpha value is -1.45. The second kappa shape index (κ2) is 5.94. The van der Waals surface area contributed by atoms with Gasteiger partial charge in [0.2, 0.25) is 10.0 Å². The summed E-state index contributed by atoms with van der Waals surface area (Å²) >= 11 is 0. The highest BCUT2D eigenvalue weighted by Gasteiger charge is 2.28. The Bertz CT molecular complexity index is 534. The van der Waals surface area contributed by atoms with E-state index in [1.807, 2.05) is 0 Å². The van der Waals surface area contributed by atoms with Gasteiger partial charge in [-0.15, -0.1) is 0 Å². The lowest BCUT2D eigenvalue weighted by Crippen LogP contribution is -2.34. The molecular weight excluding hydrogens is 255 g/mol. The summed E-state index contributed by atoms with van der Waals surface area (Å²) < 4.78 is 37.8. The Labute approximate surface area is 107 Å². The summed E-state index contributed by atoms with van der Waals surface area (Å²) in [4.78, 5) is 0. The highest BCUT2D eigenvalue weighted by molar-refractivity contribution is 7.89. The Morgan fingerprint density at radius 2 is 1.94 bits per heavy atom. The lowest BCUT2D eigenvalue weighted by molar-refractivity contribution is 0.460. The van der Waals surface area contributed by atoms with Crippen molar-refractivity contribution in [3.05, 3.63) is 35.6 Å². The van der Waals surface area contributed by atoms with E-state index in [-0.39, 0.29) is 18.8 Å². The molecule has 1 unspecified atom stereocenters. The Morgan fingerprint density at radius 1 is 1.39 bits per heavy atom. The van der Waals surface area contributed by atoms with E-state index in [1.54, 1.807) is 13.0 Å². The van der Waals surface area contributed by atoms with Gasteiger partial charge >= 0.3 is 0 Å². The molecule has 1 aromatic rings. The van der Waals surface area contributed by atoms with Crippen LogP contribution >= 0.6 is 0 Å². The van der Waals surface area contributed by atoms with Crippen molar-refractivity contribution in [3.8, 4) is 6.07 Å². The number of benzene rings is 1. The number of nitrogens with zero attached hydrogens (tertiary/aromatic N) is 2. The molecule has 0 bridgehead atoms. The number of hydrogen-bond donors (Lipinski definition) is 0. The van der Waals surface area contributed by atoms with Gasteiger partial charge in [-0.3, -0.25) is 0 Å². The molecule has 1 atom stereocenters. The minimum absolute atomic E-state index is 0.126. The highest BCUT2D eigenvalue weighted by Crippen LogP contribution is 2.14. The Balaban J connectivity index is 2.86. The molecule has 0 saturated heterocycles. The quantitative estimate of drug-likeness (QED) is 0.820. The van der Waals surface area contributed by atoms with Gasteiger partial charge in [0.1, 0.15) is 5.82 Å². The van der Waals surface area contributed by atoms with Crippen molar-refractivity contribution in [2.24, 2.45) is 0 Å². The molecule has 1 aromatic carbocycles. The summed E-state index contributed by atoms with van der Waals surface area (Å²) in [5, 5.41) is 7.77. The van der Waals surface area contributed by atoms with E-state index in [0.29, 0.717) is 5.56 Å². The van der Waals surface area contributed by atoms with Crippen molar-refractivity contribution in [3.63, 3.8) is 0 Å². The first-order chi connectivity index (χ1) is 8.41. The van der Waals surface area contributed by atoms with Crippen molar-refractivity contribution in [2.45, 2.75) is 25.1 Å². The van der Waals surface area contributed by atoms with E-state index in [4.69, 9.17) is 5.26 Å².